The predicted molar refractivity (Wildman–Crippen MR) is 74.2 cm³/mol. The highest BCUT2D eigenvalue weighted by atomic mass is 79.9. The predicted octanol–water partition coefficient (Wildman–Crippen LogP) is 2.50. The van der Waals surface area contributed by atoms with Crippen molar-refractivity contribution < 1.29 is 0 Å². The minimum absolute atomic E-state index is 0.118. The monoisotopic (exact) mass is 358 g/mol. The Balaban J connectivity index is 2.52. The van der Waals surface area contributed by atoms with Crippen molar-refractivity contribution in [3.05, 3.63) is 50.7 Å². The summed E-state index contributed by atoms with van der Waals surface area (Å²) < 4.78 is 3.74. The molecule has 0 aliphatic heterocycles. The Morgan fingerprint density at radius 1 is 1.29 bits per heavy atom. The third kappa shape index (κ3) is 2.44. The molecule has 2 rings (SSSR count). The number of benzene rings is 1. The molecule has 0 aliphatic carbocycles. The van der Waals surface area contributed by atoms with Crippen LogP contribution in [0.1, 0.15) is 17.3 Å². The van der Waals surface area contributed by atoms with E-state index >= 15 is 0 Å². The molecule has 90 valence electrons. The summed E-state index contributed by atoms with van der Waals surface area (Å²) in [6.45, 7) is 0. The van der Waals surface area contributed by atoms with Crippen LogP contribution in [0.2, 0.25) is 0 Å². The largest absolute Gasteiger partial charge is 0.271 e. The molecule has 2 aromatic rings. The Bertz CT molecular complexity index is 504. The van der Waals surface area contributed by atoms with Gasteiger partial charge in [0.15, 0.2) is 0 Å². The van der Waals surface area contributed by atoms with E-state index in [-0.39, 0.29) is 6.04 Å². The number of nitrogens with one attached hydrogen (secondary N) is 1. The third-order valence-corrected chi connectivity index (χ3v) is 3.93. The van der Waals surface area contributed by atoms with Crippen LogP contribution in [0.15, 0.2) is 39.4 Å². The van der Waals surface area contributed by atoms with Gasteiger partial charge in [0, 0.05) is 11.5 Å². The quantitative estimate of drug-likeness (QED) is 0.654. The highest BCUT2D eigenvalue weighted by Gasteiger charge is 2.21. The number of nitrogens with two attached hydrogens (primary N) is 1. The van der Waals surface area contributed by atoms with Crippen molar-refractivity contribution in [2.45, 2.75) is 6.04 Å². The van der Waals surface area contributed by atoms with Crippen LogP contribution in [-0.4, -0.2) is 9.78 Å². The van der Waals surface area contributed by atoms with Gasteiger partial charge in [-0.3, -0.25) is 10.5 Å². The fourth-order valence-corrected chi connectivity index (χ4v) is 2.86. The van der Waals surface area contributed by atoms with Crippen LogP contribution >= 0.6 is 31.9 Å². The molecule has 0 saturated carbocycles. The van der Waals surface area contributed by atoms with Crippen molar-refractivity contribution in [3.8, 4) is 0 Å². The van der Waals surface area contributed by atoms with Crippen molar-refractivity contribution in [2.75, 3.05) is 0 Å². The van der Waals surface area contributed by atoms with Crippen molar-refractivity contribution in [1.82, 2.24) is 15.2 Å². The van der Waals surface area contributed by atoms with Crippen LogP contribution in [0.25, 0.3) is 0 Å². The smallest absolute Gasteiger partial charge is 0.0900 e. The Morgan fingerprint density at radius 3 is 2.53 bits per heavy atom. The van der Waals surface area contributed by atoms with Gasteiger partial charge >= 0.3 is 0 Å². The molecule has 0 saturated heterocycles. The molecule has 1 atom stereocenters. The second-order valence-corrected chi connectivity index (χ2v) is 5.33. The molecule has 0 bridgehead atoms. The maximum Gasteiger partial charge on any atom is 0.0900 e. The van der Waals surface area contributed by atoms with Gasteiger partial charge < -0.3 is 0 Å². The molecule has 6 heteroatoms. The van der Waals surface area contributed by atoms with Gasteiger partial charge in [0.1, 0.15) is 0 Å². The lowest BCUT2D eigenvalue weighted by Gasteiger charge is -2.18. The summed E-state index contributed by atoms with van der Waals surface area (Å²) in [5.41, 5.74) is 4.88. The first kappa shape index (κ1) is 12.8. The van der Waals surface area contributed by atoms with Crippen LogP contribution in [0, 0.1) is 0 Å². The zero-order valence-corrected chi connectivity index (χ0v) is 12.4. The normalized spacial score (nSPS) is 12.7. The fourth-order valence-electron chi connectivity index (χ4n) is 1.77. The molecule has 0 radical (unpaired) electrons. The summed E-state index contributed by atoms with van der Waals surface area (Å²) in [6.07, 6.45) is 1.76. The molecular formula is C11H12Br2N4. The maximum absolute atomic E-state index is 5.67. The molecule has 1 unspecified atom stereocenters. The van der Waals surface area contributed by atoms with Gasteiger partial charge in [-0.2, -0.15) is 5.10 Å². The van der Waals surface area contributed by atoms with E-state index in [0.29, 0.717) is 0 Å². The molecule has 1 heterocycles. The zero-order valence-electron chi connectivity index (χ0n) is 9.19. The van der Waals surface area contributed by atoms with E-state index in [1.54, 1.807) is 10.9 Å². The van der Waals surface area contributed by atoms with Gasteiger partial charge in [-0.05, 0) is 27.6 Å². The SMILES string of the molecule is Cn1ncc(Br)c1C(NN)c1ccccc1Br. The van der Waals surface area contributed by atoms with E-state index in [4.69, 9.17) is 5.84 Å². The number of rotatable bonds is 3. The fraction of sp³-hybridized carbons (Fsp3) is 0.182. The van der Waals surface area contributed by atoms with Crippen molar-refractivity contribution in [1.29, 1.82) is 0 Å². The van der Waals surface area contributed by atoms with E-state index in [1.165, 1.54) is 0 Å². The van der Waals surface area contributed by atoms with Gasteiger partial charge in [0.2, 0.25) is 0 Å². The molecule has 1 aromatic heterocycles. The molecule has 0 spiro atoms. The van der Waals surface area contributed by atoms with Crippen LogP contribution < -0.4 is 11.3 Å². The van der Waals surface area contributed by atoms with Gasteiger partial charge in [-0.1, -0.05) is 34.1 Å². The van der Waals surface area contributed by atoms with E-state index in [9.17, 15) is 0 Å². The van der Waals surface area contributed by atoms with Crippen LogP contribution in [0.3, 0.4) is 0 Å². The number of halogens is 2. The average molecular weight is 360 g/mol. The molecule has 17 heavy (non-hydrogen) atoms. The van der Waals surface area contributed by atoms with E-state index in [2.05, 4.69) is 42.4 Å². The standard InChI is InChI=1S/C11H12Br2N4/c1-17-11(9(13)6-15-17)10(16-14)7-4-2-3-5-8(7)12/h2-6,10,16H,14H2,1H3. The summed E-state index contributed by atoms with van der Waals surface area (Å²) in [5.74, 6) is 5.67. The Hall–Kier alpha value is -0.690. The summed E-state index contributed by atoms with van der Waals surface area (Å²) >= 11 is 7.02. The number of nitrogens with zero attached hydrogens (tertiary/aromatic N) is 2. The molecule has 0 fully saturated rings. The minimum Gasteiger partial charge on any atom is -0.271 e. The zero-order chi connectivity index (χ0) is 12.4. The number of hydrazine groups is 1. The van der Waals surface area contributed by atoms with Gasteiger partial charge in [0.25, 0.3) is 0 Å². The first-order valence-electron chi connectivity index (χ1n) is 5.03. The highest BCUT2D eigenvalue weighted by molar-refractivity contribution is 9.10. The van der Waals surface area contributed by atoms with Gasteiger partial charge in [-0.15, -0.1) is 0 Å². The number of hydrogen-bond donors (Lipinski definition) is 2. The van der Waals surface area contributed by atoms with E-state index in [0.717, 1.165) is 20.2 Å². The Labute approximate surface area is 116 Å². The minimum atomic E-state index is -0.118. The summed E-state index contributed by atoms with van der Waals surface area (Å²) in [7, 11) is 1.89. The van der Waals surface area contributed by atoms with Crippen molar-refractivity contribution >= 4 is 31.9 Å². The molecule has 0 amide bonds. The first-order valence-corrected chi connectivity index (χ1v) is 6.61. The molecule has 3 N–H and O–H groups in total. The lowest BCUT2D eigenvalue weighted by molar-refractivity contribution is 0.571. The molecule has 0 aliphatic rings. The molecule has 4 nitrogen and oxygen atoms in total. The van der Waals surface area contributed by atoms with Crippen LogP contribution in [-0.2, 0) is 7.05 Å². The third-order valence-electron chi connectivity index (χ3n) is 2.59. The summed E-state index contributed by atoms with van der Waals surface area (Å²) in [5, 5.41) is 4.20. The second-order valence-electron chi connectivity index (χ2n) is 3.62. The topological polar surface area (TPSA) is 55.9 Å². The lowest BCUT2D eigenvalue weighted by atomic mass is 10.0. The summed E-state index contributed by atoms with van der Waals surface area (Å²) in [6, 6.07) is 7.85. The number of hydrogen-bond acceptors (Lipinski definition) is 3. The molecular weight excluding hydrogens is 348 g/mol. The summed E-state index contributed by atoms with van der Waals surface area (Å²) in [4.78, 5) is 0. The highest BCUT2D eigenvalue weighted by Crippen LogP contribution is 2.31. The Kier molecular flexibility index (Phi) is 3.98. The average Bonchev–Trinajstić information content (AvgIpc) is 2.64. The molecule has 1 aromatic carbocycles. The lowest BCUT2D eigenvalue weighted by Crippen LogP contribution is -2.30. The van der Waals surface area contributed by atoms with Crippen LogP contribution in [0.5, 0.6) is 0 Å². The maximum atomic E-state index is 5.67. The van der Waals surface area contributed by atoms with Crippen molar-refractivity contribution in [3.63, 3.8) is 0 Å². The van der Waals surface area contributed by atoms with Crippen molar-refractivity contribution in [2.24, 2.45) is 12.9 Å². The van der Waals surface area contributed by atoms with E-state index in [1.807, 2.05) is 31.3 Å². The van der Waals surface area contributed by atoms with E-state index < -0.39 is 0 Å². The number of aryl methyl sites for hydroxylation is 1. The number of aromatic nitrogens is 2. The van der Waals surface area contributed by atoms with Crippen LogP contribution in [0.4, 0.5) is 0 Å². The second kappa shape index (κ2) is 5.30. The van der Waals surface area contributed by atoms with Gasteiger partial charge in [0.05, 0.1) is 22.4 Å². The first-order chi connectivity index (χ1) is 8.15. The Morgan fingerprint density at radius 2 is 2.00 bits per heavy atom. The van der Waals surface area contributed by atoms with Gasteiger partial charge in [-0.25, -0.2) is 5.43 Å².